The second kappa shape index (κ2) is 31.7. The highest BCUT2D eigenvalue weighted by Crippen LogP contribution is 2.43. The number of unbranched alkanes of at least 4 members (excludes halogenated alkanes) is 2. The molecule has 1 atom stereocenters. The number of nitrogens with one attached hydrogen (secondary N) is 4. The summed E-state index contributed by atoms with van der Waals surface area (Å²) in [5.74, 6) is -3.38. The second-order valence-electron chi connectivity index (χ2n) is 26.7. The van der Waals surface area contributed by atoms with Gasteiger partial charge in [-0.1, -0.05) is 24.3 Å². The highest BCUT2D eigenvalue weighted by atomic mass is 32.2. The number of nitrogens with two attached hydrogens (primary N) is 1. The molecule has 494 valence electrons. The van der Waals surface area contributed by atoms with E-state index in [1.54, 1.807) is 100 Å². The van der Waals surface area contributed by atoms with Crippen LogP contribution in [0.4, 0.5) is 0 Å². The smallest absolute Gasteiger partial charge is 0.336 e. The van der Waals surface area contributed by atoms with Crippen LogP contribution in [0.3, 0.4) is 0 Å². The van der Waals surface area contributed by atoms with E-state index in [0.717, 1.165) is 5.56 Å². The number of nitrogens with zero attached hydrogens (tertiary/aromatic N) is 5. The SMILES string of the molecule is Cc1c(C)c(S(=O)(=O)NC(N)=NCCC[C@H](NC(=O)CN2CCN(CC(=O)OC(C)(C)C)CCN(CC(=O)OC(C)(C)C)CCN(CC(=O)OC(C)(C)C)CC2)C(=O)NCCCCCNC(=O)c2ccc(C(=O)O)c3ccccc23)c(C)c2c1OC(C)(C)C2. The lowest BCUT2D eigenvalue weighted by Crippen LogP contribution is -2.52. The molecule has 24 nitrogen and oxygen atoms in total. The second-order valence-corrected chi connectivity index (χ2v) is 28.3. The molecule has 3 aromatic rings. The minimum Gasteiger partial charge on any atom is -0.487 e. The van der Waals surface area contributed by atoms with E-state index in [2.05, 4.69) is 25.7 Å². The number of esters is 3. The Balaban J connectivity index is 1.31. The highest BCUT2D eigenvalue weighted by Gasteiger charge is 2.37. The van der Waals surface area contributed by atoms with Gasteiger partial charge in [-0.3, -0.25) is 53.4 Å². The van der Waals surface area contributed by atoms with E-state index >= 15 is 0 Å². The first-order chi connectivity index (χ1) is 41.4. The molecule has 0 radical (unpaired) electrons. The van der Waals surface area contributed by atoms with E-state index in [1.807, 2.05) is 40.4 Å². The van der Waals surface area contributed by atoms with Gasteiger partial charge < -0.3 is 45.7 Å². The van der Waals surface area contributed by atoms with Crippen molar-refractivity contribution in [2.75, 3.05) is 98.2 Å². The largest absolute Gasteiger partial charge is 0.487 e. The number of hydrogen-bond donors (Lipinski definition) is 6. The van der Waals surface area contributed by atoms with Crippen molar-refractivity contribution in [2.24, 2.45) is 10.7 Å². The molecule has 1 saturated heterocycles. The van der Waals surface area contributed by atoms with Crippen LogP contribution < -0.4 is 31.1 Å². The monoisotopic (exact) mass is 1260 g/mol. The standard InChI is InChI=1S/C64H98N10O14S/c1-42-43(2)56(44(3)49-37-64(13,14)88-55(42)49)89(83,84)70-60(65)68-28-20-23-50(58(80)67-27-19-15-18-26-66-57(79)47-24-25-48(59(81)82)46-22-17-16-21-45(46)47)69-51(75)38-71-29-31-72(39-52(76)85-61(4,5)6)33-35-74(41-54(78)87-63(10,11)12)36-34-73(32-30-71)40-53(77)86-62(7,8)9/h16-17,21-22,24-25,50H,15,18-20,23,26-41H2,1-14H3,(H,66,79)(H,67,80)(H,69,75)(H,81,82)(H3,65,68,70)/t50-/m0/s1. The van der Waals surface area contributed by atoms with Crippen molar-refractivity contribution in [3.05, 3.63) is 69.8 Å². The number of benzene rings is 3. The zero-order valence-electron chi connectivity index (χ0n) is 54.9. The van der Waals surface area contributed by atoms with Crippen LogP contribution >= 0.6 is 0 Å². The van der Waals surface area contributed by atoms with Crippen LogP contribution in [0.25, 0.3) is 10.8 Å². The highest BCUT2D eigenvalue weighted by molar-refractivity contribution is 7.90. The molecule has 0 saturated carbocycles. The third kappa shape index (κ3) is 23.8. The van der Waals surface area contributed by atoms with Crippen molar-refractivity contribution < 1.29 is 66.0 Å². The number of carboxylic acid groups (broad SMARTS) is 1. The first kappa shape index (κ1) is 72.8. The van der Waals surface area contributed by atoms with Crippen molar-refractivity contribution in [1.82, 2.24) is 40.3 Å². The molecule has 0 spiro atoms. The van der Waals surface area contributed by atoms with Crippen LogP contribution in [0.5, 0.6) is 5.75 Å². The van der Waals surface area contributed by atoms with Gasteiger partial charge >= 0.3 is 23.9 Å². The summed E-state index contributed by atoms with van der Waals surface area (Å²) in [7, 11) is -4.20. The Bertz CT molecular complexity index is 3120. The number of carbonyl (C=O) groups excluding carboxylic acids is 6. The summed E-state index contributed by atoms with van der Waals surface area (Å²) in [5, 5.41) is 19.4. The summed E-state index contributed by atoms with van der Waals surface area (Å²) in [4.78, 5) is 106. The molecule has 1 fully saturated rings. The van der Waals surface area contributed by atoms with E-state index in [0.29, 0.717) is 110 Å². The van der Waals surface area contributed by atoms with Crippen molar-refractivity contribution in [3.63, 3.8) is 0 Å². The van der Waals surface area contributed by atoms with Crippen LogP contribution in [-0.4, -0.2) is 207 Å². The van der Waals surface area contributed by atoms with Gasteiger partial charge in [-0.15, -0.1) is 0 Å². The van der Waals surface area contributed by atoms with E-state index in [-0.39, 0.29) is 87.5 Å². The predicted octanol–water partition coefficient (Wildman–Crippen LogP) is 5.00. The number of guanidine groups is 1. The van der Waals surface area contributed by atoms with E-state index in [4.69, 9.17) is 24.7 Å². The molecule has 0 bridgehead atoms. The lowest BCUT2D eigenvalue weighted by atomic mass is 9.94. The molecule has 3 amide bonds. The number of fused-ring (bicyclic) bond motifs is 2. The summed E-state index contributed by atoms with van der Waals surface area (Å²) < 4.78 is 53.6. The fourth-order valence-electron chi connectivity index (χ4n) is 10.7. The Morgan fingerprint density at radius 3 is 1.56 bits per heavy atom. The molecule has 7 N–H and O–H groups in total. The van der Waals surface area contributed by atoms with E-state index in [9.17, 15) is 47.1 Å². The average molecular weight is 1260 g/mol. The van der Waals surface area contributed by atoms with Gasteiger partial charge in [-0.2, -0.15) is 0 Å². The van der Waals surface area contributed by atoms with Crippen LogP contribution in [0.1, 0.15) is 151 Å². The number of carbonyl (C=O) groups is 7. The molecule has 89 heavy (non-hydrogen) atoms. The summed E-state index contributed by atoms with van der Waals surface area (Å²) in [6.45, 7) is 28.0. The molecule has 0 unspecified atom stereocenters. The number of aliphatic imine (C=N–C) groups is 1. The average Bonchev–Trinajstić information content (AvgIpc) is 1.70. The first-order valence-corrected chi connectivity index (χ1v) is 32.2. The van der Waals surface area contributed by atoms with Crippen molar-refractivity contribution >= 4 is 68.4 Å². The maximum Gasteiger partial charge on any atom is 0.336 e. The molecule has 2 aliphatic heterocycles. The van der Waals surface area contributed by atoms with Gasteiger partial charge in [0.2, 0.25) is 17.8 Å². The Hall–Kier alpha value is -6.93. The predicted molar refractivity (Wildman–Crippen MR) is 340 cm³/mol. The summed E-state index contributed by atoms with van der Waals surface area (Å²) in [6, 6.07) is 8.67. The van der Waals surface area contributed by atoms with Crippen molar-refractivity contribution in [2.45, 2.75) is 169 Å². The summed E-state index contributed by atoms with van der Waals surface area (Å²) in [6.07, 6.45) is 2.52. The quantitative estimate of drug-likeness (QED) is 0.0226. The summed E-state index contributed by atoms with van der Waals surface area (Å²) >= 11 is 0. The van der Waals surface area contributed by atoms with Gasteiger partial charge in [0.05, 0.1) is 36.6 Å². The Morgan fingerprint density at radius 1 is 0.640 bits per heavy atom. The maximum atomic E-state index is 14.4. The first-order valence-electron chi connectivity index (χ1n) is 30.7. The number of aromatic carboxylic acids is 1. The van der Waals surface area contributed by atoms with Gasteiger partial charge in [0.15, 0.2) is 0 Å². The van der Waals surface area contributed by atoms with Crippen molar-refractivity contribution in [3.8, 4) is 5.75 Å². The number of amides is 3. The van der Waals surface area contributed by atoms with Gasteiger partial charge in [0.25, 0.3) is 15.9 Å². The fraction of sp³-hybridized carbons (Fsp3) is 0.625. The molecule has 2 heterocycles. The van der Waals surface area contributed by atoms with Crippen LogP contribution in [-0.2, 0) is 54.6 Å². The Kier molecular flexibility index (Phi) is 25.9. The van der Waals surface area contributed by atoms with Gasteiger partial charge in [0.1, 0.15) is 34.2 Å². The lowest BCUT2D eigenvalue weighted by molar-refractivity contribution is -0.158. The Morgan fingerprint density at radius 2 is 1.09 bits per heavy atom. The number of ether oxygens (including phenoxy) is 4. The third-order valence-electron chi connectivity index (χ3n) is 14.8. The molecular weight excluding hydrogens is 1160 g/mol. The molecule has 0 aliphatic carbocycles. The Labute approximate surface area is 525 Å². The molecule has 2 aliphatic rings. The topological polar surface area (TPSA) is 310 Å². The van der Waals surface area contributed by atoms with E-state index in [1.165, 1.54) is 12.1 Å². The number of rotatable bonds is 24. The molecular formula is C64H98N10O14S. The zero-order valence-corrected chi connectivity index (χ0v) is 55.7. The molecule has 25 heteroatoms. The van der Waals surface area contributed by atoms with Gasteiger partial charge in [-0.25, -0.2) is 17.9 Å². The lowest BCUT2D eigenvalue weighted by Gasteiger charge is -2.34. The van der Waals surface area contributed by atoms with E-state index < -0.39 is 74.2 Å². The fourth-order valence-corrected chi connectivity index (χ4v) is 12.2. The minimum atomic E-state index is -4.20. The van der Waals surface area contributed by atoms with Gasteiger partial charge in [-0.05, 0) is 169 Å². The molecule has 5 rings (SSSR count). The number of carboxylic acids is 1. The van der Waals surface area contributed by atoms with Crippen LogP contribution in [0.2, 0.25) is 0 Å². The maximum absolute atomic E-state index is 14.4. The zero-order chi connectivity index (χ0) is 66.2. The van der Waals surface area contributed by atoms with Gasteiger partial charge in [0, 0.05) is 89.5 Å². The molecule has 0 aromatic heterocycles. The van der Waals surface area contributed by atoms with Crippen LogP contribution in [0.15, 0.2) is 46.3 Å². The van der Waals surface area contributed by atoms with Crippen LogP contribution in [0, 0.1) is 20.8 Å². The third-order valence-corrected chi connectivity index (χ3v) is 16.5. The summed E-state index contributed by atoms with van der Waals surface area (Å²) in [5.41, 5.74) is 6.59. The number of hydrogen-bond acceptors (Lipinski definition) is 18. The minimum absolute atomic E-state index is 0.00920. The van der Waals surface area contributed by atoms with Crippen molar-refractivity contribution in [1.29, 1.82) is 0 Å². The molecule has 3 aromatic carbocycles. The normalized spacial score (nSPS) is 16.4. The number of sulfonamides is 1.